The Hall–Kier alpha value is -2.73. The molecule has 138 valence electrons. The van der Waals surface area contributed by atoms with Crippen molar-refractivity contribution in [2.45, 2.75) is 26.2 Å². The lowest BCUT2D eigenvalue weighted by molar-refractivity contribution is -0.123. The number of benzene rings is 2. The number of amides is 3. The molecule has 0 saturated carbocycles. The first-order valence-electron chi connectivity index (χ1n) is 8.09. The van der Waals surface area contributed by atoms with Gasteiger partial charge >= 0.3 is 6.03 Å². The molecule has 2 aromatic carbocycles. The Bertz CT molecular complexity index is 770. The molecule has 0 aromatic heterocycles. The van der Waals surface area contributed by atoms with Gasteiger partial charge < -0.3 is 10.1 Å². The van der Waals surface area contributed by atoms with Crippen molar-refractivity contribution in [1.82, 2.24) is 10.9 Å². The second kappa shape index (κ2) is 8.58. The summed E-state index contributed by atoms with van der Waals surface area (Å²) in [5, 5.41) is 3.04. The SMILES string of the molecule is CC(C)(C)c1ccc(OCC(=O)NNC(=O)Nc2cccc(Cl)c2)cc1. The first-order chi connectivity index (χ1) is 12.2. The Kier molecular flexibility index (Phi) is 6.46. The van der Waals surface area contributed by atoms with Crippen LogP contribution in [0, 0.1) is 0 Å². The zero-order valence-electron chi connectivity index (χ0n) is 14.9. The van der Waals surface area contributed by atoms with E-state index >= 15 is 0 Å². The van der Waals surface area contributed by atoms with Crippen molar-refractivity contribution < 1.29 is 14.3 Å². The molecule has 26 heavy (non-hydrogen) atoms. The molecule has 3 amide bonds. The fourth-order valence-electron chi connectivity index (χ4n) is 2.09. The van der Waals surface area contributed by atoms with E-state index < -0.39 is 11.9 Å². The van der Waals surface area contributed by atoms with Gasteiger partial charge in [-0.15, -0.1) is 0 Å². The minimum Gasteiger partial charge on any atom is -0.484 e. The van der Waals surface area contributed by atoms with Crippen LogP contribution in [0.2, 0.25) is 5.02 Å². The molecule has 0 spiro atoms. The van der Waals surface area contributed by atoms with Gasteiger partial charge in [0, 0.05) is 10.7 Å². The van der Waals surface area contributed by atoms with Crippen molar-refractivity contribution in [1.29, 1.82) is 0 Å². The van der Waals surface area contributed by atoms with Crippen LogP contribution in [0.15, 0.2) is 48.5 Å². The zero-order chi connectivity index (χ0) is 19.2. The molecule has 0 atom stereocenters. The normalized spacial score (nSPS) is 10.8. The maximum absolute atomic E-state index is 11.8. The predicted molar refractivity (Wildman–Crippen MR) is 102 cm³/mol. The summed E-state index contributed by atoms with van der Waals surface area (Å²) in [6.45, 7) is 6.15. The number of hydrazine groups is 1. The van der Waals surface area contributed by atoms with Crippen molar-refractivity contribution in [3.8, 4) is 5.75 Å². The van der Waals surface area contributed by atoms with Crippen molar-refractivity contribution in [2.24, 2.45) is 0 Å². The Morgan fingerprint density at radius 2 is 1.73 bits per heavy atom. The minimum atomic E-state index is -0.588. The highest BCUT2D eigenvalue weighted by Gasteiger charge is 2.13. The molecule has 0 aliphatic heterocycles. The smallest absolute Gasteiger partial charge is 0.337 e. The Balaban J connectivity index is 1.74. The molecule has 0 radical (unpaired) electrons. The summed E-state index contributed by atoms with van der Waals surface area (Å²) in [6, 6.07) is 13.6. The van der Waals surface area contributed by atoms with Gasteiger partial charge in [0.1, 0.15) is 5.75 Å². The molecule has 0 fully saturated rings. The van der Waals surface area contributed by atoms with E-state index in [9.17, 15) is 9.59 Å². The largest absolute Gasteiger partial charge is 0.484 e. The molecule has 2 aromatic rings. The molecule has 7 heteroatoms. The molecule has 6 nitrogen and oxygen atoms in total. The molecule has 0 saturated heterocycles. The van der Waals surface area contributed by atoms with Gasteiger partial charge in [-0.1, -0.05) is 50.6 Å². The van der Waals surface area contributed by atoms with E-state index in [1.807, 2.05) is 24.3 Å². The molecular formula is C19H22ClN3O3. The van der Waals surface area contributed by atoms with Crippen LogP contribution in [-0.4, -0.2) is 18.5 Å². The maximum atomic E-state index is 11.8. The second-order valence-corrected chi connectivity index (χ2v) is 7.14. The third-order valence-electron chi connectivity index (χ3n) is 3.49. The lowest BCUT2D eigenvalue weighted by Gasteiger charge is -2.19. The fourth-order valence-corrected chi connectivity index (χ4v) is 2.28. The highest BCUT2D eigenvalue weighted by atomic mass is 35.5. The topological polar surface area (TPSA) is 79.5 Å². The number of carbonyl (C=O) groups excluding carboxylic acids is 2. The first kappa shape index (κ1) is 19.6. The summed E-state index contributed by atoms with van der Waals surface area (Å²) in [4.78, 5) is 23.5. The molecule has 2 rings (SSSR count). The van der Waals surface area contributed by atoms with Crippen LogP contribution in [0.25, 0.3) is 0 Å². The van der Waals surface area contributed by atoms with Crippen molar-refractivity contribution in [3.63, 3.8) is 0 Å². The zero-order valence-corrected chi connectivity index (χ0v) is 15.7. The molecule has 0 aliphatic carbocycles. The monoisotopic (exact) mass is 375 g/mol. The quantitative estimate of drug-likeness (QED) is 0.710. The van der Waals surface area contributed by atoms with Crippen LogP contribution in [0.3, 0.4) is 0 Å². The third-order valence-corrected chi connectivity index (χ3v) is 3.72. The summed E-state index contributed by atoms with van der Waals surface area (Å²) >= 11 is 5.83. The van der Waals surface area contributed by atoms with Crippen molar-refractivity contribution >= 4 is 29.2 Å². The number of anilines is 1. The number of nitrogens with one attached hydrogen (secondary N) is 3. The number of hydrogen-bond acceptors (Lipinski definition) is 3. The van der Waals surface area contributed by atoms with Gasteiger partial charge in [-0.3, -0.25) is 10.2 Å². The number of urea groups is 1. The third kappa shape index (κ3) is 6.29. The average molecular weight is 376 g/mol. The summed E-state index contributed by atoms with van der Waals surface area (Å²) < 4.78 is 5.40. The number of hydrogen-bond donors (Lipinski definition) is 3. The standard InChI is InChI=1S/C19H22ClN3O3/c1-19(2,3)13-7-9-16(10-8-13)26-12-17(24)22-23-18(25)21-15-6-4-5-14(20)11-15/h4-11H,12H2,1-3H3,(H,22,24)(H2,21,23,25). The van der Waals surface area contributed by atoms with Gasteiger partial charge in [0.15, 0.2) is 6.61 Å². The summed E-state index contributed by atoms with van der Waals surface area (Å²) in [7, 11) is 0. The van der Waals surface area contributed by atoms with E-state index in [2.05, 4.69) is 36.9 Å². The van der Waals surface area contributed by atoms with Crippen LogP contribution in [0.1, 0.15) is 26.3 Å². The minimum absolute atomic E-state index is 0.0518. The molecular weight excluding hydrogens is 354 g/mol. The summed E-state index contributed by atoms with van der Waals surface area (Å²) in [5.74, 6) is 0.0997. The number of halogens is 1. The maximum Gasteiger partial charge on any atom is 0.337 e. The van der Waals surface area contributed by atoms with Crippen molar-refractivity contribution in [2.75, 3.05) is 11.9 Å². The molecule has 0 bridgehead atoms. The van der Waals surface area contributed by atoms with Gasteiger partial charge in [0.25, 0.3) is 5.91 Å². The molecule has 3 N–H and O–H groups in total. The second-order valence-electron chi connectivity index (χ2n) is 6.70. The van der Waals surface area contributed by atoms with E-state index in [1.54, 1.807) is 24.3 Å². The van der Waals surface area contributed by atoms with E-state index in [4.69, 9.17) is 16.3 Å². The predicted octanol–water partition coefficient (Wildman–Crippen LogP) is 3.87. The Morgan fingerprint density at radius 1 is 1.04 bits per heavy atom. The highest BCUT2D eigenvalue weighted by Crippen LogP contribution is 2.24. The van der Waals surface area contributed by atoms with Crippen LogP contribution >= 0.6 is 11.6 Å². The lowest BCUT2D eigenvalue weighted by atomic mass is 9.87. The van der Waals surface area contributed by atoms with Gasteiger partial charge in [0.2, 0.25) is 0 Å². The van der Waals surface area contributed by atoms with Gasteiger partial charge in [-0.25, -0.2) is 10.2 Å². The van der Waals surface area contributed by atoms with Gasteiger partial charge in [-0.2, -0.15) is 0 Å². The lowest BCUT2D eigenvalue weighted by Crippen LogP contribution is -2.45. The number of carbonyl (C=O) groups is 2. The summed E-state index contributed by atoms with van der Waals surface area (Å²) in [6.07, 6.45) is 0. The summed E-state index contributed by atoms with van der Waals surface area (Å²) in [5.41, 5.74) is 6.25. The van der Waals surface area contributed by atoms with Crippen LogP contribution in [-0.2, 0) is 10.2 Å². The van der Waals surface area contributed by atoms with Crippen LogP contribution in [0.4, 0.5) is 10.5 Å². The fraction of sp³-hybridized carbons (Fsp3) is 0.263. The van der Waals surface area contributed by atoms with E-state index in [-0.39, 0.29) is 12.0 Å². The van der Waals surface area contributed by atoms with E-state index in [0.717, 1.165) is 0 Å². The molecule has 0 aliphatic rings. The van der Waals surface area contributed by atoms with Crippen molar-refractivity contribution in [3.05, 3.63) is 59.1 Å². The van der Waals surface area contributed by atoms with Crippen LogP contribution in [0.5, 0.6) is 5.75 Å². The van der Waals surface area contributed by atoms with Gasteiger partial charge in [0.05, 0.1) is 0 Å². The number of ether oxygens (including phenoxy) is 1. The first-order valence-corrected chi connectivity index (χ1v) is 8.46. The average Bonchev–Trinajstić information content (AvgIpc) is 2.58. The highest BCUT2D eigenvalue weighted by molar-refractivity contribution is 6.30. The van der Waals surface area contributed by atoms with E-state index in [1.165, 1.54) is 5.56 Å². The van der Waals surface area contributed by atoms with Gasteiger partial charge in [-0.05, 0) is 41.3 Å². The Labute approximate surface area is 157 Å². The molecule has 0 unspecified atom stereocenters. The number of rotatable bonds is 4. The Morgan fingerprint density at radius 3 is 2.35 bits per heavy atom. The van der Waals surface area contributed by atoms with Crippen LogP contribution < -0.4 is 20.9 Å². The van der Waals surface area contributed by atoms with E-state index in [0.29, 0.717) is 16.5 Å². The molecule has 0 heterocycles.